The van der Waals surface area contributed by atoms with Crippen molar-refractivity contribution in [1.29, 1.82) is 0 Å². The van der Waals surface area contributed by atoms with Crippen molar-refractivity contribution in [1.82, 2.24) is 9.88 Å². The molecule has 0 aliphatic carbocycles. The van der Waals surface area contributed by atoms with Gasteiger partial charge in [-0.1, -0.05) is 24.3 Å². The number of morpholine rings is 1. The molecule has 4 aromatic rings. The molecule has 5 rings (SSSR count). The van der Waals surface area contributed by atoms with Crippen molar-refractivity contribution in [2.45, 2.75) is 4.90 Å². The Kier molecular flexibility index (Phi) is 5.49. The fourth-order valence-electron chi connectivity index (χ4n) is 3.83. The maximum absolute atomic E-state index is 12.9. The maximum atomic E-state index is 12.9. The van der Waals surface area contributed by atoms with E-state index in [2.05, 4.69) is 35.5 Å². The lowest BCUT2D eigenvalue weighted by Crippen LogP contribution is -2.40. The van der Waals surface area contributed by atoms with Gasteiger partial charge in [-0.15, -0.1) is 11.8 Å². The summed E-state index contributed by atoms with van der Waals surface area (Å²) in [4.78, 5) is 20.5. The van der Waals surface area contributed by atoms with Crippen LogP contribution in [-0.2, 0) is 4.74 Å². The van der Waals surface area contributed by atoms with Gasteiger partial charge in [0.2, 0.25) is 0 Å². The zero-order chi connectivity index (χ0) is 21.2. The first-order valence-corrected chi connectivity index (χ1v) is 11.5. The van der Waals surface area contributed by atoms with Crippen LogP contribution >= 0.6 is 11.8 Å². The van der Waals surface area contributed by atoms with Crippen LogP contribution in [0.3, 0.4) is 0 Å². The first-order chi connectivity index (χ1) is 15.2. The van der Waals surface area contributed by atoms with Crippen LogP contribution in [0.4, 0.5) is 0 Å². The number of furan rings is 1. The monoisotopic (exact) mass is 430 g/mol. The molecule has 1 fully saturated rings. The van der Waals surface area contributed by atoms with Gasteiger partial charge in [0.05, 0.1) is 13.2 Å². The molecule has 1 saturated heterocycles. The van der Waals surface area contributed by atoms with E-state index in [4.69, 9.17) is 9.15 Å². The molecular formula is C25H22N2O3S. The van der Waals surface area contributed by atoms with Crippen molar-refractivity contribution in [2.75, 3.05) is 32.6 Å². The number of aromatic nitrogens is 1. The molecular weight excluding hydrogens is 408 g/mol. The third kappa shape index (κ3) is 3.96. The number of ether oxygens (including phenoxy) is 1. The minimum atomic E-state index is 0.0319. The highest BCUT2D eigenvalue weighted by Crippen LogP contribution is 2.34. The smallest absolute Gasteiger partial charge is 0.254 e. The second kappa shape index (κ2) is 8.57. The van der Waals surface area contributed by atoms with E-state index in [0.717, 1.165) is 33.6 Å². The van der Waals surface area contributed by atoms with Crippen LogP contribution in [0.15, 0.2) is 76.2 Å². The number of pyridine rings is 1. The van der Waals surface area contributed by atoms with Crippen LogP contribution in [0.25, 0.3) is 33.6 Å². The lowest BCUT2D eigenvalue weighted by molar-refractivity contribution is 0.0303. The number of amides is 1. The molecule has 0 spiro atoms. The largest absolute Gasteiger partial charge is 0.454 e. The molecule has 3 heterocycles. The third-order valence-electron chi connectivity index (χ3n) is 5.51. The number of fused-ring (bicyclic) bond motifs is 1. The van der Waals surface area contributed by atoms with Gasteiger partial charge in [0, 0.05) is 46.9 Å². The standard InChI is InChI=1S/C25H22N2O3S/c1-31-20-7-5-17(6-8-20)23-16-22-24(30-23)21(9-10-26-22)18-3-2-4-19(15-18)25(28)27-11-13-29-14-12-27/h2-10,15-16H,11-14H2,1H3. The molecule has 0 N–H and O–H groups in total. The topological polar surface area (TPSA) is 55.6 Å². The predicted octanol–water partition coefficient (Wildman–Crippen LogP) is 5.36. The van der Waals surface area contributed by atoms with Crippen molar-refractivity contribution in [3.63, 3.8) is 0 Å². The Hall–Kier alpha value is -3.09. The molecule has 2 aromatic carbocycles. The number of benzene rings is 2. The molecule has 31 heavy (non-hydrogen) atoms. The Morgan fingerprint density at radius 3 is 2.58 bits per heavy atom. The van der Waals surface area contributed by atoms with Gasteiger partial charge in [-0.05, 0) is 42.2 Å². The van der Waals surface area contributed by atoms with Gasteiger partial charge >= 0.3 is 0 Å². The molecule has 1 aliphatic heterocycles. The molecule has 0 saturated carbocycles. The van der Waals surface area contributed by atoms with E-state index in [9.17, 15) is 4.79 Å². The van der Waals surface area contributed by atoms with Crippen LogP contribution in [0.5, 0.6) is 0 Å². The van der Waals surface area contributed by atoms with E-state index in [1.165, 1.54) is 4.90 Å². The van der Waals surface area contributed by atoms with E-state index >= 15 is 0 Å². The first-order valence-electron chi connectivity index (χ1n) is 10.2. The normalized spacial score (nSPS) is 14.2. The Morgan fingerprint density at radius 2 is 1.81 bits per heavy atom. The Bertz CT molecular complexity index is 1230. The number of hydrogen-bond donors (Lipinski definition) is 0. The van der Waals surface area contributed by atoms with Gasteiger partial charge in [0.15, 0.2) is 5.58 Å². The van der Waals surface area contributed by atoms with Gasteiger partial charge in [-0.25, -0.2) is 0 Å². The average molecular weight is 431 g/mol. The van der Waals surface area contributed by atoms with Gasteiger partial charge in [-0.3, -0.25) is 9.78 Å². The second-order valence-corrected chi connectivity index (χ2v) is 8.28. The Morgan fingerprint density at radius 1 is 1.00 bits per heavy atom. The quantitative estimate of drug-likeness (QED) is 0.408. The SMILES string of the molecule is CSc1ccc(-c2cc3nccc(-c4cccc(C(=O)N5CCOCC5)c4)c3o2)cc1. The second-order valence-electron chi connectivity index (χ2n) is 7.40. The summed E-state index contributed by atoms with van der Waals surface area (Å²) in [6.07, 6.45) is 3.84. The zero-order valence-electron chi connectivity index (χ0n) is 17.2. The summed E-state index contributed by atoms with van der Waals surface area (Å²) in [6.45, 7) is 2.42. The summed E-state index contributed by atoms with van der Waals surface area (Å²) < 4.78 is 11.6. The fourth-order valence-corrected chi connectivity index (χ4v) is 4.24. The molecule has 6 heteroatoms. The minimum Gasteiger partial charge on any atom is -0.454 e. The molecule has 0 bridgehead atoms. The van der Waals surface area contributed by atoms with Crippen molar-refractivity contribution in [3.8, 4) is 22.5 Å². The Labute approximate surface area is 185 Å². The van der Waals surface area contributed by atoms with E-state index in [0.29, 0.717) is 31.9 Å². The van der Waals surface area contributed by atoms with Gasteiger partial charge in [-0.2, -0.15) is 0 Å². The number of carbonyl (C=O) groups is 1. The molecule has 2 aromatic heterocycles. The fraction of sp³-hybridized carbons (Fsp3) is 0.200. The van der Waals surface area contributed by atoms with Crippen LogP contribution < -0.4 is 0 Å². The molecule has 5 nitrogen and oxygen atoms in total. The summed E-state index contributed by atoms with van der Waals surface area (Å²) >= 11 is 1.71. The molecule has 1 aliphatic rings. The van der Waals surface area contributed by atoms with Crippen LogP contribution in [-0.4, -0.2) is 48.4 Å². The van der Waals surface area contributed by atoms with Gasteiger partial charge in [0.25, 0.3) is 5.91 Å². The summed E-state index contributed by atoms with van der Waals surface area (Å²) in [5.41, 5.74) is 5.06. The highest BCUT2D eigenvalue weighted by Gasteiger charge is 2.19. The predicted molar refractivity (Wildman–Crippen MR) is 123 cm³/mol. The first kappa shape index (κ1) is 19.8. The van der Waals surface area contributed by atoms with Crippen molar-refractivity contribution in [3.05, 3.63) is 72.4 Å². The van der Waals surface area contributed by atoms with Crippen molar-refractivity contribution < 1.29 is 13.9 Å². The lowest BCUT2D eigenvalue weighted by Gasteiger charge is -2.27. The summed E-state index contributed by atoms with van der Waals surface area (Å²) in [5, 5.41) is 0. The van der Waals surface area contributed by atoms with E-state index in [1.54, 1.807) is 18.0 Å². The number of hydrogen-bond acceptors (Lipinski definition) is 5. The van der Waals surface area contributed by atoms with Crippen LogP contribution in [0.1, 0.15) is 10.4 Å². The van der Waals surface area contributed by atoms with E-state index in [-0.39, 0.29) is 5.91 Å². The minimum absolute atomic E-state index is 0.0319. The number of rotatable bonds is 4. The van der Waals surface area contributed by atoms with E-state index in [1.807, 2.05) is 41.3 Å². The summed E-state index contributed by atoms with van der Waals surface area (Å²) in [7, 11) is 0. The highest BCUT2D eigenvalue weighted by molar-refractivity contribution is 7.98. The molecule has 0 radical (unpaired) electrons. The number of thioether (sulfide) groups is 1. The highest BCUT2D eigenvalue weighted by atomic mass is 32.2. The maximum Gasteiger partial charge on any atom is 0.254 e. The van der Waals surface area contributed by atoms with Gasteiger partial charge < -0.3 is 14.1 Å². The van der Waals surface area contributed by atoms with Crippen molar-refractivity contribution >= 4 is 28.8 Å². The van der Waals surface area contributed by atoms with Gasteiger partial charge in [0.1, 0.15) is 11.3 Å². The summed E-state index contributed by atoms with van der Waals surface area (Å²) in [5.74, 6) is 0.813. The summed E-state index contributed by atoms with van der Waals surface area (Å²) in [6, 6.07) is 19.9. The molecule has 1 amide bonds. The van der Waals surface area contributed by atoms with Crippen LogP contribution in [0, 0.1) is 0 Å². The lowest BCUT2D eigenvalue weighted by atomic mass is 10.0. The zero-order valence-corrected chi connectivity index (χ0v) is 18.0. The number of nitrogens with zero attached hydrogens (tertiary/aromatic N) is 2. The van der Waals surface area contributed by atoms with Crippen molar-refractivity contribution in [2.24, 2.45) is 0 Å². The Balaban J connectivity index is 1.51. The number of carbonyl (C=O) groups excluding carboxylic acids is 1. The van der Waals surface area contributed by atoms with E-state index < -0.39 is 0 Å². The van der Waals surface area contributed by atoms with Crippen LogP contribution in [0.2, 0.25) is 0 Å². The molecule has 0 unspecified atom stereocenters. The molecule has 156 valence electrons. The molecule has 0 atom stereocenters. The third-order valence-corrected chi connectivity index (χ3v) is 6.25. The average Bonchev–Trinajstić information content (AvgIpc) is 3.29.